The summed E-state index contributed by atoms with van der Waals surface area (Å²) in [5.41, 5.74) is 0. The average molecular weight is 251 g/mol. The van der Waals surface area contributed by atoms with Gasteiger partial charge in [0.2, 0.25) is 0 Å². The van der Waals surface area contributed by atoms with Crippen LogP contribution in [0.1, 0.15) is 0 Å². The summed E-state index contributed by atoms with van der Waals surface area (Å²) in [6.07, 6.45) is -7.16. The summed E-state index contributed by atoms with van der Waals surface area (Å²) in [5.74, 6) is -0.726. The van der Waals surface area contributed by atoms with Crippen LogP contribution < -0.4 is 5.32 Å². The molecule has 1 fully saturated rings. The van der Waals surface area contributed by atoms with E-state index in [9.17, 15) is 20.1 Å². The summed E-state index contributed by atoms with van der Waals surface area (Å²) < 4.78 is 4.99. The highest BCUT2D eigenvalue weighted by Gasteiger charge is 2.46. The Morgan fingerprint density at radius 1 is 1.12 bits per heavy atom. The number of aliphatic hydroxyl groups is 5. The van der Waals surface area contributed by atoms with Crippen molar-refractivity contribution in [3.63, 3.8) is 0 Å². The molecule has 1 heterocycles. The number of amides is 1. The van der Waals surface area contributed by atoms with Gasteiger partial charge in [-0.25, -0.2) is 0 Å². The third-order valence-corrected chi connectivity index (χ3v) is 2.56. The largest absolute Gasteiger partial charge is 0.395 e. The molecule has 1 saturated heterocycles. The van der Waals surface area contributed by atoms with Crippen LogP contribution in [0.15, 0.2) is 0 Å². The molecule has 6 N–H and O–H groups in total. The molecule has 1 amide bonds. The second kappa shape index (κ2) is 6.24. The molecule has 1 aliphatic rings. The molecule has 17 heavy (non-hydrogen) atoms. The number of carbonyl (C=O) groups excluding carboxylic acids is 1. The van der Waals surface area contributed by atoms with Crippen molar-refractivity contribution < 1.29 is 35.1 Å². The minimum Gasteiger partial charge on any atom is -0.395 e. The van der Waals surface area contributed by atoms with Crippen LogP contribution >= 0.6 is 0 Å². The van der Waals surface area contributed by atoms with E-state index in [4.69, 9.17) is 14.9 Å². The van der Waals surface area contributed by atoms with Crippen molar-refractivity contribution in [1.82, 2.24) is 5.32 Å². The topological polar surface area (TPSA) is 139 Å². The lowest BCUT2D eigenvalue weighted by molar-refractivity contribution is -0.226. The minimum atomic E-state index is -1.59. The highest BCUT2D eigenvalue weighted by molar-refractivity contribution is 5.81. The lowest BCUT2D eigenvalue weighted by Crippen LogP contribution is -2.62. The predicted octanol–water partition coefficient (Wildman–Crippen LogP) is -4.06. The summed E-state index contributed by atoms with van der Waals surface area (Å²) >= 11 is 0. The zero-order valence-corrected chi connectivity index (χ0v) is 9.06. The Bertz CT molecular complexity index is 260. The Morgan fingerprint density at radius 2 is 1.76 bits per heavy atom. The third kappa shape index (κ3) is 3.12. The summed E-state index contributed by atoms with van der Waals surface area (Å²) in [6.45, 7) is -0.883. The van der Waals surface area contributed by atoms with E-state index in [-0.39, 0.29) is 13.2 Å². The number of ether oxygens (including phenoxy) is 1. The first-order valence-corrected chi connectivity index (χ1v) is 5.22. The van der Waals surface area contributed by atoms with Gasteiger partial charge < -0.3 is 35.6 Å². The molecule has 100 valence electrons. The maximum atomic E-state index is 11.5. The smallest absolute Gasteiger partial charge is 0.252 e. The van der Waals surface area contributed by atoms with Gasteiger partial charge in [0.05, 0.1) is 13.2 Å². The third-order valence-electron chi connectivity index (χ3n) is 2.56. The van der Waals surface area contributed by atoms with Crippen LogP contribution in [-0.2, 0) is 9.53 Å². The van der Waals surface area contributed by atoms with E-state index >= 15 is 0 Å². The van der Waals surface area contributed by atoms with Crippen LogP contribution in [0.2, 0.25) is 0 Å². The molecule has 0 bridgehead atoms. The molecule has 0 aromatic rings. The Morgan fingerprint density at radius 3 is 2.29 bits per heavy atom. The highest BCUT2D eigenvalue weighted by Crippen LogP contribution is 2.21. The van der Waals surface area contributed by atoms with Crippen LogP contribution in [0.3, 0.4) is 0 Å². The van der Waals surface area contributed by atoms with Crippen molar-refractivity contribution in [2.24, 2.45) is 0 Å². The maximum Gasteiger partial charge on any atom is 0.252 e. The zero-order chi connectivity index (χ0) is 13.0. The number of aliphatic hydroxyl groups excluding tert-OH is 5. The van der Waals surface area contributed by atoms with Crippen molar-refractivity contribution in [2.45, 2.75) is 30.5 Å². The van der Waals surface area contributed by atoms with Gasteiger partial charge in [-0.05, 0) is 0 Å². The fraction of sp³-hybridized carbons (Fsp3) is 0.889. The van der Waals surface area contributed by atoms with E-state index in [1.54, 1.807) is 0 Å². The lowest BCUT2D eigenvalue weighted by atomic mass is 9.95. The molecule has 8 nitrogen and oxygen atoms in total. The Labute approximate surface area is 97.4 Å². The standard InChI is InChI=1S/C9H17NO7/c11-2-1-10-9(16)8-7(15)6(14)5(13)4(3-12)17-8/h4-8,11-15H,1-3H2,(H,10,16)/t4?,5?,6?,7?,8-/m0/s1. The van der Waals surface area contributed by atoms with Crippen LogP contribution in [0, 0.1) is 0 Å². The van der Waals surface area contributed by atoms with Crippen LogP contribution in [0.5, 0.6) is 0 Å². The molecule has 0 saturated carbocycles. The van der Waals surface area contributed by atoms with E-state index in [1.165, 1.54) is 0 Å². The minimum absolute atomic E-state index is 0.0200. The fourth-order valence-corrected chi connectivity index (χ4v) is 1.60. The molecule has 0 aromatic heterocycles. The quantitative estimate of drug-likeness (QED) is 0.299. The molecule has 1 rings (SSSR count). The molecule has 8 heteroatoms. The average Bonchev–Trinajstić information content (AvgIpc) is 2.33. The summed E-state index contributed by atoms with van der Waals surface area (Å²) in [6, 6.07) is 0. The molecular formula is C9H17NO7. The van der Waals surface area contributed by atoms with Gasteiger partial charge in [-0.15, -0.1) is 0 Å². The highest BCUT2D eigenvalue weighted by atomic mass is 16.5. The number of nitrogens with one attached hydrogen (secondary N) is 1. The SMILES string of the molecule is O=C(NCCO)[C@H]1OC(CO)C(O)C(O)C1O. The Hall–Kier alpha value is -0.770. The van der Waals surface area contributed by atoms with Gasteiger partial charge in [0.1, 0.15) is 24.4 Å². The van der Waals surface area contributed by atoms with Crippen molar-refractivity contribution in [1.29, 1.82) is 0 Å². The summed E-state index contributed by atoms with van der Waals surface area (Å²) in [5, 5.41) is 48.1. The van der Waals surface area contributed by atoms with Gasteiger partial charge in [0.25, 0.3) is 5.91 Å². The van der Waals surface area contributed by atoms with Crippen LogP contribution in [0.25, 0.3) is 0 Å². The van der Waals surface area contributed by atoms with Crippen molar-refractivity contribution in [3.8, 4) is 0 Å². The fourth-order valence-electron chi connectivity index (χ4n) is 1.60. The number of hydrogen-bond acceptors (Lipinski definition) is 7. The first-order chi connectivity index (χ1) is 8.02. The molecule has 5 atom stereocenters. The number of carbonyl (C=O) groups is 1. The molecule has 0 radical (unpaired) electrons. The Balaban J connectivity index is 2.68. The van der Waals surface area contributed by atoms with Gasteiger partial charge >= 0.3 is 0 Å². The monoisotopic (exact) mass is 251 g/mol. The molecule has 0 aliphatic carbocycles. The van der Waals surface area contributed by atoms with E-state index in [1.807, 2.05) is 0 Å². The van der Waals surface area contributed by atoms with Crippen molar-refractivity contribution in [3.05, 3.63) is 0 Å². The van der Waals surface area contributed by atoms with Gasteiger partial charge in [-0.1, -0.05) is 0 Å². The van der Waals surface area contributed by atoms with Crippen LogP contribution in [0.4, 0.5) is 0 Å². The Kier molecular flexibility index (Phi) is 5.25. The lowest BCUT2D eigenvalue weighted by Gasteiger charge is -2.39. The summed E-state index contributed by atoms with van der Waals surface area (Å²) in [7, 11) is 0. The normalized spacial score (nSPS) is 37.8. The number of hydrogen-bond donors (Lipinski definition) is 6. The maximum absolute atomic E-state index is 11.5. The first-order valence-electron chi connectivity index (χ1n) is 5.22. The van der Waals surface area contributed by atoms with E-state index in [0.29, 0.717) is 0 Å². The van der Waals surface area contributed by atoms with Gasteiger partial charge in [-0.2, -0.15) is 0 Å². The molecular weight excluding hydrogens is 234 g/mol. The van der Waals surface area contributed by atoms with Crippen LogP contribution in [-0.4, -0.2) is 81.7 Å². The van der Waals surface area contributed by atoms with E-state index in [2.05, 4.69) is 5.32 Å². The molecule has 0 aromatic carbocycles. The predicted molar refractivity (Wildman–Crippen MR) is 53.9 cm³/mol. The molecule has 4 unspecified atom stereocenters. The summed E-state index contributed by atoms with van der Waals surface area (Å²) in [4.78, 5) is 11.5. The van der Waals surface area contributed by atoms with E-state index < -0.39 is 43.0 Å². The zero-order valence-electron chi connectivity index (χ0n) is 9.06. The number of rotatable bonds is 4. The van der Waals surface area contributed by atoms with Gasteiger partial charge in [-0.3, -0.25) is 4.79 Å². The molecule has 0 spiro atoms. The first kappa shape index (κ1) is 14.3. The second-order valence-electron chi connectivity index (χ2n) is 3.76. The van der Waals surface area contributed by atoms with Gasteiger partial charge in [0.15, 0.2) is 6.10 Å². The van der Waals surface area contributed by atoms with Gasteiger partial charge in [0, 0.05) is 6.54 Å². The molecule has 1 aliphatic heterocycles. The van der Waals surface area contributed by atoms with Crippen molar-refractivity contribution in [2.75, 3.05) is 19.8 Å². The second-order valence-corrected chi connectivity index (χ2v) is 3.76. The van der Waals surface area contributed by atoms with E-state index in [0.717, 1.165) is 0 Å². The van der Waals surface area contributed by atoms with Crippen molar-refractivity contribution >= 4 is 5.91 Å².